The molecule has 0 saturated heterocycles. The molecule has 0 heterocycles. The highest BCUT2D eigenvalue weighted by Gasteiger charge is 2.71. The third-order valence-corrected chi connectivity index (χ3v) is 3.03. The lowest BCUT2D eigenvalue weighted by atomic mass is 9.87. The van der Waals surface area contributed by atoms with Gasteiger partial charge in [0.1, 0.15) is 0 Å². The van der Waals surface area contributed by atoms with Crippen LogP contribution >= 0.6 is 7.82 Å². The van der Waals surface area contributed by atoms with Crippen molar-refractivity contribution in [3.8, 4) is 0 Å². The Morgan fingerprint density at radius 1 is 1.11 bits per heavy atom. The van der Waals surface area contributed by atoms with E-state index in [0.717, 1.165) is 6.92 Å². The van der Waals surface area contributed by atoms with Gasteiger partial charge in [0.05, 0.1) is 0 Å². The molecule has 0 aliphatic carbocycles. The summed E-state index contributed by atoms with van der Waals surface area (Å²) in [6, 6.07) is 0. The van der Waals surface area contributed by atoms with Crippen LogP contribution in [0.3, 0.4) is 0 Å². The van der Waals surface area contributed by atoms with Crippen LogP contribution < -0.4 is 0 Å². The molecule has 0 rings (SSSR count). The predicted octanol–water partition coefficient (Wildman–Crippen LogP) is 3.24. The summed E-state index contributed by atoms with van der Waals surface area (Å²) in [5.41, 5.74) is -3.26. The van der Waals surface area contributed by atoms with Gasteiger partial charge in [0.25, 0.3) is 0 Å². The smallest absolute Gasteiger partial charge is 0.303 e. The third-order valence-electron chi connectivity index (χ3n) is 2.45. The van der Waals surface area contributed by atoms with Crippen molar-refractivity contribution in [3.63, 3.8) is 0 Å². The van der Waals surface area contributed by atoms with Gasteiger partial charge < -0.3 is 9.79 Å². The fraction of sp³-hybridized carbons (Fsp3) is 1.00. The highest BCUT2D eigenvalue weighted by atomic mass is 31.2. The van der Waals surface area contributed by atoms with Gasteiger partial charge in [-0.2, -0.15) is 22.0 Å². The fourth-order valence-corrected chi connectivity index (χ4v) is 2.40. The van der Waals surface area contributed by atoms with Gasteiger partial charge in [-0.05, 0) is 12.8 Å². The second kappa shape index (κ2) is 5.40. The molecule has 0 aromatic carbocycles. The highest BCUT2D eigenvalue weighted by molar-refractivity contribution is 7.46. The first-order chi connectivity index (χ1) is 7.83. The van der Waals surface area contributed by atoms with E-state index >= 15 is 0 Å². The Balaban J connectivity index is 5.66. The maximum absolute atomic E-state index is 13.4. The van der Waals surface area contributed by atoms with Gasteiger partial charge >= 0.3 is 19.9 Å². The second-order valence-corrected chi connectivity index (χ2v) is 4.92. The molecule has 1 atom stereocenters. The zero-order chi connectivity index (χ0) is 14.8. The number of alkyl halides is 5. The number of halogens is 5. The Morgan fingerprint density at radius 2 is 1.56 bits per heavy atom. The number of rotatable bonds is 6. The molecule has 0 aliphatic heterocycles. The molecule has 0 saturated carbocycles. The zero-order valence-electron chi connectivity index (χ0n) is 9.67. The van der Waals surface area contributed by atoms with Crippen molar-refractivity contribution in [2.75, 3.05) is 0 Å². The molecule has 0 aromatic heterocycles. The van der Waals surface area contributed by atoms with E-state index in [1.165, 1.54) is 6.92 Å². The number of phosphoric ester groups is 1. The van der Waals surface area contributed by atoms with Crippen molar-refractivity contribution in [1.82, 2.24) is 0 Å². The van der Waals surface area contributed by atoms with Gasteiger partial charge in [0.2, 0.25) is 0 Å². The van der Waals surface area contributed by atoms with Crippen LogP contribution in [0.1, 0.15) is 33.1 Å². The first-order valence-electron chi connectivity index (χ1n) is 5.04. The summed E-state index contributed by atoms with van der Waals surface area (Å²) in [6.45, 7) is 2.25. The molecule has 0 amide bonds. The van der Waals surface area contributed by atoms with Crippen LogP contribution in [0.15, 0.2) is 0 Å². The molecule has 0 aliphatic rings. The standard InChI is InChI=1S/C8H14F5O4P/c1-3-5-6(4-2,17-18(14,15)16)7(9,10)8(11,12)13/h3-5H2,1-2H3,(H2,14,15,16). The van der Waals surface area contributed by atoms with Crippen LogP contribution in [0, 0.1) is 0 Å². The van der Waals surface area contributed by atoms with Gasteiger partial charge in [-0.3, -0.25) is 4.52 Å². The maximum atomic E-state index is 13.4. The van der Waals surface area contributed by atoms with E-state index in [1.807, 2.05) is 0 Å². The van der Waals surface area contributed by atoms with E-state index in [4.69, 9.17) is 9.79 Å². The Kier molecular flexibility index (Phi) is 5.33. The molecule has 0 aromatic rings. The molecule has 4 nitrogen and oxygen atoms in total. The molecular formula is C8H14F5O4P. The molecule has 18 heavy (non-hydrogen) atoms. The zero-order valence-corrected chi connectivity index (χ0v) is 10.6. The van der Waals surface area contributed by atoms with Crippen LogP contribution in [-0.4, -0.2) is 27.5 Å². The van der Waals surface area contributed by atoms with Crippen LogP contribution in [0.5, 0.6) is 0 Å². The van der Waals surface area contributed by atoms with Gasteiger partial charge in [-0.15, -0.1) is 0 Å². The molecule has 0 spiro atoms. The SMILES string of the molecule is CCCC(CC)(OP(=O)(O)O)C(F)(F)C(F)(F)F. The Bertz CT molecular complexity index is 326. The molecule has 10 heteroatoms. The third kappa shape index (κ3) is 3.63. The van der Waals surface area contributed by atoms with E-state index in [0.29, 0.717) is 0 Å². The molecule has 110 valence electrons. The van der Waals surface area contributed by atoms with Gasteiger partial charge in [0, 0.05) is 0 Å². The van der Waals surface area contributed by atoms with Crippen molar-refractivity contribution in [2.45, 2.75) is 50.8 Å². The summed E-state index contributed by atoms with van der Waals surface area (Å²) in [5.74, 6) is -5.36. The van der Waals surface area contributed by atoms with Crippen molar-refractivity contribution >= 4 is 7.82 Å². The van der Waals surface area contributed by atoms with Gasteiger partial charge in [-0.25, -0.2) is 4.57 Å². The number of phosphoric acid groups is 1. The van der Waals surface area contributed by atoms with Crippen LogP contribution in [0.2, 0.25) is 0 Å². The Morgan fingerprint density at radius 3 is 1.78 bits per heavy atom. The van der Waals surface area contributed by atoms with Crippen molar-refractivity contribution in [3.05, 3.63) is 0 Å². The van der Waals surface area contributed by atoms with E-state index in [1.54, 1.807) is 0 Å². The minimum Gasteiger partial charge on any atom is -0.303 e. The van der Waals surface area contributed by atoms with E-state index < -0.39 is 38.4 Å². The quantitative estimate of drug-likeness (QED) is 0.584. The summed E-state index contributed by atoms with van der Waals surface area (Å²) in [7, 11) is -5.48. The van der Waals surface area contributed by atoms with Crippen LogP contribution in [-0.2, 0) is 9.09 Å². The van der Waals surface area contributed by atoms with Gasteiger partial charge in [-0.1, -0.05) is 20.3 Å². The van der Waals surface area contributed by atoms with Crippen LogP contribution in [0.4, 0.5) is 22.0 Å². The molecular weight excluding hydrogens is 286 g/mol. The molecule has 0 radical (unpaired) electrons. The summed E-state index contributed by atoms with van der Waals surface area (Å²) < 4.78 is 78.2. The average molecular weight is 300 g/mol. The van der Waals surface area contributed by atoms with Gasteiger partial charge in [0.15, 0.2) is 5.60 Å². The molecule has 0 fully saturated rings. The van der Waals surface area contributed by atoms with Crippen molar-refractivity contribution in [2.24, 2.45) is 0 Å². The van der Waals surface area contributed by atoms with Crippen molar-refractivity contribution < 1.29 is 40.8 Å². The first-order valence-corrected chi connectivity index (χ1v) is 6.57. The second-order valence-electron chi connectivity index (χ2n) is 3.75. The highest BCUT2D eigenvalue weighted by Crippen LogP contribution is 2.55. The fourth-order valence-electron chi connectivity index (χ4n) is 1.61. The monoisotopic (exact) mass is 300 g/mol. The normalized spacial score (nSPS) is 17.6. The van der Waals surface area contributed by atoms with E-state index in [-0.39, 0.29) is 6.42 Å². The lowest BCUT2D eigenvalue weighted by Gasteiger charge is -2.39. The van der Waals surface area contributed by atoms with E-state index in [2.05, 4.69) is 4.52 Å². The van der Waals surface area contributed by atoms with Crippen LogP contribution in [0.25, 0.3) is 0 Å². The maximum Gasteiger partial charge on any atom is 0.470 e. The summed E-state index contributed by atoms with van der Waals surface area (Å²) in [4.78, 5) is 17.1. The lowest BCUT2D eigenvalue weighted by molar-refractivity contribution is -0.339. The Labute approximate surface area is 100 Å². The van der Waals surface area contributed by atoms with E-state index in [9.17, 15) is 26.5 Å². The predicted molar refractivity (Wildman–Crippen MR) is 52.1 cm³/mol. The number of hydrogen-bond donors (Lipinski definition) is 2. The summed E-state index contributed by atoms with van der Waals surface area (Å²) >= 11 is 0. The Hall–Kier alpha value is -0.240. The molecule has 0 bridgehead atoms. The summed E-state index contributed by atoms with van der Waals surface area (Å²) in [5, 5.41) is 0. The topological polar surface area (TPSA) is 66.8 Å². The average Bonchev–Trinajstić information content (AvgIpc) is 2.12. The number of hydrogen-bond acceptors (Lipinski definition) is 2. The molecule has 1 unspecified atom stereocenters. The lowest BCUT2D eigenvalue weighted by Crippen LogP contribution is -2.57. The summed E-state index contributed by atoms with van der Waals surface area (Å²) in [6.07, 6.45) is -7.83. The first kappa shape index (κ1) is 17.8. The van der Waals surface area contributed by atoms with Crippen molar-refractivity contribution in [1.29, 1.82) is 0 Å². The largest absolute Gasteiger partial charge is 0.470 e. The minimum absolute atomic E-state index is 0.153. The minimum atomic E-state index is -5.95. The molecule has 2 N–H and O–H groups in total.